The monoisotopic (exact) mass is 414 g/mol. The number of hydrogen-bond acceptors (Lipinski definition) is 3. The molecule has 1 atom stereocenters. The van der Waals surface area contributed by atoms with Crippen LogP contribution >= 0.6 is 0 Å². The van der Waals surface area contributed by atoms with Gasteiger partial charge in [0, 0.05) is 20.0 Å². The molecule has 0 aromatic heterocycles. The molecule has 1 aromatic rings. The van der Waals surface area contributed by atoms with E-state index in [9.17, 15) is 9.59 Å². The van der Waals surface area contributed by atoms with E-state index in [4.69, 9.17) is 4.74 Å². The summed E-state index contributed by atoms with van der Waals surface area (Å²) < 4.78 is 6.22. The van der Waals surface area contributed by atoms with Crippen LogP contribution in [0.4, 0.5) is 0 Å². The third-order valence-corrected chi connectivity index (χ3v) is 6.75. The molecule has 5 nitrogen and oxygen atoms in total. The Morgan fingerprint density at radius 3 is 2.60 bits per heavy atom. The van der Waals surface area contributed by atoms with Crippen LogP contribution in [0.1, 0.15) is 71.3 Å². The number of carbonyl (C=O) groups is 2. The largest absolute Gasteiger partial charge is 0.491 e. The van der Waals surface area contributed by atoms with Crippen LogP contribution in [0.15, 0.2) is 24.3 Å². The Hall–Kier alpha value is -2.04. The zero-order chi connectivity index (χ0) is 21.6. The zero-order valence-electron chi connectivity index (χ0n) is 18.9. The van der Waals surface area contributed by atoms with Gasteiger partial charge in [-0.05, 0) is 56.1 Å². The quantitative estimate of drug-likeness (QED) is 0.783. The van der Waals surface area contributed by atoms with Crippen LogP contribution < -0.4 is 10.1 Å². The van der Waals surface area contributed by atoms with Gasteiger partial charge in [-0.1, -0.05) is 44.9 Å². The number of nitrogens with zero attached hydrogens (tertiary/aromatic N) is 1. The third kappa shape index (κ3) is 5.77. The Morgan fingerprint density at radius 1 is 1.17 bits per heavy atom. The van der Waals surface area contributed by atoms with E-state index in [0.29, 0.717) is 25.6 Å². The van der Waals surface area contributed by atoms with Gasteiger partial charge in [0.05, 0.1) is 11.5 Å². The van der Waals surface area contributed by atoms with Gasteiger partial charge >= 0.3 is 0 Å². The van der Waals surface area contributed by atoms with Crippen LogP contribution in [0.3, 0.4) is 0 Å². The molecule has 0 bridgehead atoms. The lowest BCUT2D eigenvalue weighted by Crippen LogP contribution is -2.53. The average Bonchev–Trinajstić information content (AvgIpc) is 2.72. The lowest BCUT2D eigenvalue weighted by atomic mass is 9.73. The van der Waals surface area contributed by atoms with Crippen molar-refractivity contribution in [2.24, 2.45) is 11.3 Å². The molecule has 0 saturated carbocycles. The van der Waals surface area contributed by atoms with E-state index in [0.717, 1.165) is 57.1 Å². The lowest BCUT2D eigenvalue weighted by molar-refractivity contribution is -0.140. The molecule has 3 rings (SSSR count). The summed E-state index contributed by atoms with van der Waals surface area (Å²) in [5, 5.41) is 3.35. The maximum absolute atomic E-state index is 13.5. The van der Waals surface area contributed by atoms with Gasteiger partial charge in [0.2, 0.25) is 11.8 Å². The first-order valence-electron chi connectivity index (χ1n) is 11.7. The fourth-order valence-corrected chi connectivity index (χ4v) is 4.91. The van der Waals surface area contributed by atoms with Crippen molar-refractivity contribution in [1.82, 2.24) is 10.2 Å². The number of hydrogen-bond donors (Lipinski definition) is 1. The number of amides is 2. The van der Waals surface area contributed by atoms with E-state index in [2.05, 4.69) is 31.3 Å². The van der Waals surface area contributed by atoms with Gasteiger partial charge in [0.15, 0.2) is 0 Å². The van der Waals surface area contributed by atoms with Crippen LogP contribution in [-0.4, -0.2) is 42.5 Å². The summed E-state index contributed by atoms with van der Waals surface area (Å²) in [7, 11) is 0. The second kappa shape index (κ2) is 10.3. The van der Waals surface area contributed by atoms with Crippen LogP contribution in [0.5, 0.6) is 5.75 Å². The number of fused-ring (bicyclic) bond motifs is 1. The summed E-state index contributed by atoms with van der Waals surface area (Å²) in [6, 6.07) is 8.29. The average molecular weight is 415 g/mol. The number of rotatable bonds is 2. The molecule has 5 heteroatoms. The number of ether oxygens (including phenoxy) is 1. The van der Waals surface area contributed by atoms with Gasteiger partial charge < -0.3 is 15.0 Å². The van der Waals surface area contributed by atoms with Crippen molar-refractivity contribution in [3.05, 3.63) is 29.8 Å². The summed E-state index contributed by atoms with van der Waals surface area (Å²) in [6.45, 7) is 7.84. The minimum Gasteiger partial charge on any atom is -0.491 e. The predicted molar refractivity (Wildman–Crippen MR) is 119 cm³/mol. The number of carbonyl (C=O) groups excluding carboxylic acids is 2. The molecule has 2 heterocycles. The summed E-state index contributed by atoms with van der Waals surface area (Å²) in [6.07, 6.45) is 7.58. The molecular formula is C25H38N2O3. The number of likely N-dealkylation sites (tertiary alicyclic amines) is 1. The second-order valence-electron chi connectivity index (χ2n) is 9.57. The van der Waals surface area contributed by atoms with Gasteiger partial charge in [-0.15, -0.1) is 0 Å². The highest BCUT2D eigenvalue weighted by Crippen LogP contribution is 2.38. The number of piperidine rings is 1. The van der Waals surface area contributed by atoms with E-state index in [1.807, 2.05) is 17.0 Å². The van der Waals surface area contributed by atoms with Crippen LogP contribution in [0.25, 0.3) is 0 Å². The maximum Gasteiger partial charge on any atom is 0.226 e. The first-order chi connectivity index (χ1) is 14.4. The molecule has 166 valence electrons. The van der Waals surface area contributed by atoms with Crippen molar-refractivity contribution in [3.63, 3.8) is 0 Å². The number of benzene rings is 1. The van der Waals surface area contributed by atoms with E-state index < -0.39 is 0 Å². The normalized spacial score (nSPS) is 22.9. The van der Waals surface area contributed by atoms with Crippen molar-refractivity contribution >= 4 is 11.8 Å². The minimum atomic E-state index is -0.359. The molecule has 2 amide bonds. The number of aryl methyl sites for hydroxylation is 1. The summed E-state index contributed by atoms with van der Waals surface area (Å²) in [5.74, 6) is 1.69. The highest BCUT2D eigenvalue weighted by Gasteiger charge is 2.42. The molecule has 0 radical (unpaired) electrons. The molecule has 2 aliphatic rings. The molecule has 1 N–H and O–H groups in total. The fraction of sp³-hybridized carbons (Fsp3) is 0.680. The molecule has 1 saturated heterocycles. The van der Waals surface area contributed by atoms with Gasteiger partial charge in [-0.3, -0.25) is 9.59 Å². The van der Waals surface area contributed by atoms with Crippen molar-refractivity contribution in [3.8, 4) is 5.75 Å². The van der Waals surface area contributed by atoms with Crippen LogP contribution in [-0.2, 0) is 16.0 Å². The zero-order valence-corrected chi connectivity index (χ0v) is 18.9. The molecular weight excluding hydrogens is 376 g/mol. The topological polar surface area (TPSA) is 58.6 Å². The summed E-state index contributed by atoms with van der Waals surface area (Å²) >= 11 is 0. The Bertz CT molecular complexity index is 723. The van der Waals surface area contributed by atoms with Crippen LogP contribution in [0.2, 0.25) is 0 Å². The van der Waals surface area contributed by atoms with Gasteiger partial charge in [0.1, 0.15) is 12.4 Å². The standard InChI is InChI=1S/C25H38N2O3/c1-19(2)17-22-18-30-23-11-7-6-10-21(23)9-5-4-8-12-25(24(29)26-22)13-15-27(16-14-25)20(3)28/h6-7,10-11,19,22H,4-5,8-9,12-18H2,1-3H3,(H,26,29)/t22-/m0/s1. The molecule has 0 unspecified atom stereocenters. The third-order valence-electron chi connectivity index (χ3n) is 6.75. The van der Waals surface area contributed by atoms with Crippen molar-refractivity contribution < 1.29 is 14.3 Å². The maximum atomic E-state index is 13.5. The van der Waals surface area contributed by atoms with E-state index in [-0.39, 0.29) is 23.3 Å². The molecule has 1 fully saturated rings. The first-order valence-corrected chi connectivity index (χ1v) is 11.7. The fourth-order valence-electron chi connectivity index (χ4n) is 4.91. The van der Waals surface area contributed by atoms with Gasteiger partial charge in [0.25, 0.3) is 0 Å². The lowest BCUT2D eigenvalue weighted by Gasteiger charge is -2.41. The predicted octanol–water partition coefficient (Wildman–Crippen LogP) is 4.34. The summed E-state index contributed by atoms with van der Waals surface area (Å²) in [5.41, 5.74) is 0.901. The van der Waals surface area contributed by atoms with E-state index in [1.54, 1.807) is 6.92 Å². The summed E-state index contributed by atoms with van der Waals surface area (Å²) in [4.78, 5) is 27.2. The molecule has 2 aliphatic heterocycles. The molecule has 1 spiro atoms. The Kier molecular flexibility index (Phi) is 7.79. The SMILES string of the molecule is CC(=O)N1CCC2(CCCCCc3ccccc3OC[C@H](CC(C)C)NC2=O)CC1. The van der Waals surface area contributed by atoms with Gasteiger partial charge in [-0.25, -0.2) is 0 Å². The van der Waals surface area contributed by atoms with Gasteiger partial charge in [-0.2, -0.15) is 0 Å². The van der Waals surface area contributed by atoms with Crippen molar-refractivity contribution in [2.75, 3.05) is 19.7 Å². The van der Waals surface area contributed by atoms with E-state index in [1.165, 1.54) is 5.56 Å². The molecule has 0 aliphatic carbocycles. The van der Waals surface area contributed by atoms with E-state index >= 15 is 0 Å². The second-order valence-corrected chi connectivity index (χ2v) is 9.57. The number of nitrogens with one attached hydrogen (secondary N) is 1. The number of para-hydroxylation sites is 1. The smallest absolute Gasteiger partial charge is 0.226 e. The Morgan fingerprint density at radius 2 is 1.90 bits per heavy atom. The Labute approximate surface area is 181 Å². The molecule has 1 aromatic carbocycles. The minimum absolute atomic E-state index is 0.00554. The Balaban J connectivity index is 1.79. The molecule has 30 heavy (non-hydrogen) atoms. The first kappa shape index (κ1) is 22.6. The highest BCUT2D eigenvalue weighted by molar-refractivity contribution is 5.83. The van der Waals surface area contributed by atoms with Crippen molar-refractivity contribution in [1.29, 1.82) is 0 Å². The van der Waals surface area contributed by atoms with Crippen LogP contribution in [0, 0.1) is 11.3 Å². The van der Waals surface area contributed by atoms with Crippen molar-refractivity contribution in [2.45, 2.75) is 78.2 Å². The highest BCUT2D eigenvalue weighted by atomic mass is 16.5.